The summed E-state index contributed by atoms with van der Waals surface area (Å²) in [6, 6.07) is 12.7. The van der Waals surface area contributed by atoms with Gasteiger partial charge in [-0.1, -0.05) is 46.8 Å². The molecule has 0 aliphatic heterocycles. The molecule has 32 heavy (non-hydrogen) atoms. The van der Waals surface area contributed by atoms with Crippen LogP contribution in [0.5, 0.6) is 5.75 Å². The Bertz CT molecular complexity index is 1230. The largest absolute Gasteiger partial charge is 0.484 e. The number of nitrogens with one attached hydrogen (secondary N) is 1. The van der Waals surface area contributed by atoms with Crippen molar-refractivity contribution in [3.63, 3.8) is 0 Å². The fourth-order valence-electron chi connectivity index (χ4n) is 2.55. The quantitative estimate of drug-likeness (QED) is 0.361. The second-order valence-corrected chi connectivity index (χ2v) is 8.84. The summed E-state index contributed by atoms with van der Waals surface area (Å²) in [6.45, 7) is 0.223. The van der Waals surface area contributed by atoms with E-state index in [1.165, 1.54) is 47.4 Å². The van der Waals surface area contributed by atoms with E-state index in [0.29, 0.717) is 38.2 Å². The summed E-state index contributed by atoms with van der Waals surface area (Å²) >= 11 is 8.70. The number of carbonyl (C=O) groups excluding carboxylic acids is 1. The number of hydrogen-bond donors (Lipinski definition) is 1. The first kappa shape index (κ1) is 22.2. The van der Waals surface area contributed by atoms with Crippen molar-refractivity contribution in [1.29, 1.82) is 0 Å². The molecule has 4 rings (SSSR count). The van der Waals surface area contributed by atoms with Crippen molar-refractivity contribution in [2.45, 2.75) is 17.5 Å². The Morgan fingerprint density at radius 1 is 1.16 bits per heavy atom. The van der Waals surface area contributed by atoms with E-state index in [1.54, 1.807) is 12.1 Å². The van der Waals surface area contributed by atoms with E-state index in [1.807, 2.05) is 23.7 Å². The normalized spacial score (nSPS) is 10.8. The fraction of sp³-hybridized carbons (Fsp3) is 0.150. The Kier molecular flexibility index (Phi) is 6.98. The molecule has 0 saturated carbocycles. The van der Waals surface area contributed by atoms with Gasteiger partial charge in [0.05, 0.1) is 10.8 Å². The molecule has 0 atom stereocenters. The van der Waals surface area contributed by atoms with Gasteiger partial charge in [-0.25, -0.2) is 4.39 Å². The summed E-state index contributed by atoms with van der Waals surface area (Å²) in [5.41, 5.74) is 0.480. The molecule has 164 valence electrons. The van der Waals surface area contributed by atoms with Crippen molar-refractivity contribution >= 4 is 46.3 Å². The molecule has 12 heteroatoms. The second kappa shape index (κ2) is 10.1. The van der Waals surface area contributed by atoms with Gasteiger partial charge in [0, 0.05) is 12.7 Å². The van der Waals surface area contributed by atoms with Crippen LogP contribution in [0.2, 0.25) is 5.02 Å². The van der Waals surface area contributed by atoms with Gasteiger partial charge in [-0.15, -0.1) is 20.4 Å². The SMILES string of the molecule is Cn1c(COc2ccccc2Cl)nnc1SCc1nnc(C(=O)Nc2ccc(F)cc2)s1. The zero-order chi connectivity index (χ0) is 22.5. The molecule has 0 spiro atoms. The van der Waals surface area contributed by atoms with Gasteiger partial charge in [0.1, 0.15) is 23.2 Å². The number of thioether (sulfide) groups is 1. The van der Waals surface area contributed by atoms with Gasteiger partial charge in [-0.3, -0.25) is 4.79 Å². The van der Waals surface area contributed by atoms with E-state index in [9.17, 15) is 9.18 Å². The van der Waals surface area contributed by atoms with Gasteiger partial charge in [0.25, 0.3) is 5.91 Å². The highest BCUT2D eigenvalue weighted by molar-refractivity contribution is 7.98. The minimum atomic E-state index is -0.400. The molecule has 0 unspecified atom stereocenters. The molecule has 0 aliphatic rings. The minimum Gasteiger partial charge on any atom is -0.484 e. The lowest BCUT2D eigenvalue weighted by atomic mass is 10.3. The van der Waals surface area contributed by atoms with Gasteiger partial charge in [0.15, 0.2) is 11.0 Å². The summed E-state index contributed by atoms with van der Waals surface area (Å²) in [5, 5.41) is 21.1. The van der Waals surface area contributed by atoms with Crippen molar-refractivity contribution in [2.75, 3.05) is 5.32 Å². The lowest BCUT2D eigenvalue weighted by Crippen LogP contribution is -2.11. The molecule has 0 radical (unpaired) electrons. The molecule has 1 N–H and O–H groups in total. The van der Waals surface area contributed by atoms with E-state index in [4.69, 9.17) is 16.3 Å². The Hall–Kier alpha value is -3.02. The number of benzene rings is 2. The maximum atomic E-state index is 13.0. The van der Waals surface area contributed by atoms with Gasteiger partial charge in [-0.05, 0) is 36.4 Å². The molecule has 2 aromatic carbocycles. The molecule has 0 aliphatic carbocycles. The molecule has 8 nitrogen and oxygen atoms in total. The fourth-order valence-corrected chi connectivity index (χ4v) is 4.39. The first-order valence-electron chi connectivity index (χ1n) is 9.27. The number of hydrogen-bond acceptors (Lipinski definition) is 8. The van der Waals surface area contributed by atoms with E-state index >= 15 is 0 Å². The smallest absolute Gasteiger partial charge is 0.286 e. The number of rotatable bonds is 8. The Labute approximate surface area is 195 Å². The highest BCUT2D eigenvalue weighted by Crippen LogP contribution is 2.26. The van der Waals surface area contributed by atoms with E-state index in [2.05, 4.69) is 25.7 Å². The van der Waals surface area contributed by atoms with Crippen LogP contribution >= 0.6 is 34.7 Å². The third-order valence-corrected chi connectivity index (χ3v) is 6.65. The Morgan fingerprint density at radius 3 is 2.72 bits per heavy atom. The van der Waals surface area contributed by atoms with Gasteiger partial charge < -0.3 is 14.6 Å². The number of nitrogens with zero attached hydrogens (tertiary/aromatic N) is 5. The standard InChI is InChI=1S/C20H16ClFN6O2S2/c1-28-16(10-30-15-5-3-2-4-14(15)21)24-27-20(28)31-11-17-25-26-19(32-17)18(29)23-13-8-6-12(22)7-9-13/h2-9H,10-11H2,1H3,(H,23,29). The monoisotopic (exact) mass is 490 g/mol. The van der Waals surface area contributed by atoms with Crippen LogP contribution in [0.15, 0.2) is 53.7 Å². The van der Waals surface area contributed by atoms with Crippen molar-refractivity contribution in [3.05, 3.63) is 75.2 Å². The van der Waals surface area contributed by atoms with Crippen LogP contribution < -0.4 is 10.1 Å². The second-order valence-electron chi connectivity index (χ2n) is 6.43. The number of para-hydroxylation sites is 1. The van der Waals surface area contributed by atoms with Gasteiger partial charge >= 0.3 is 0 Å². The molecule has 0 fully saturated rings. The van der Waals surface area contributed by atoms with Gasteiger partial charge in [0.2, 0.25) is 5.01 Å². The molecular weight excluding hydrogens is 475 g/mol. The summed E-state index contributed by atoms with van der Waals surface area (Å²) in [4.78, 5) is 12.3. The van der Waals surface area contributed by atoms with Crippen molar-refractivity contribution in [1.82, 2.24) is 25.0 Å². The maximum Gasteiger partial charge on any atom is 0.286 e. The van der Waals surface area contributed by atoms with Crippen LogP contribution in [-0.2, 0) is 19.4 Å². The third-order valence-electron chi connectivity index (χ3n) is 4.21. The molecule has 0 bridgehead atoms. The average Bonchev–Trinajstić information content (AvgIpc) is 3.40. The molecule has 0 saturated heterocycles. The van der Waals surface area contributed by atoms with Crippen LogP contribution in [0.4, 0.5) is 10.1 Å². The third kappa shape index (κ3) is 5.42. The van der Waals surface area contributed by atoms with Crippen LogP contribution in [0, 0.1) is 5.82 Å². The molecule has 2 heterocycles. The molecular formula is C20H16ClFN6O2S2. The van der Waals surface area contributed by atoms with Crippen molar-refractivity contribution < 1.29 is 13.9 Å². The van der Waals surface area contributed by atoms with E-state index in [0.717, 1.165) is 0 Å². The first-order valence-corrected chi connectivity index (χ1v) is 11.5. The topological polar surface area (TPSA) is 94.8 Å². The zero-order valence-electron chi connectivity index (χ0n) is 16.7. The maximum absolute atomic E-state index is 13.0. The summed E-state index contributed by atoms with van der Waals surface area (Å²) in [5.74, 6) is 0.915. The van der Waals surface area contributed by atoms with E-state index in [-0.39, 0.29) is 17.4 Å². The Morgan fingerprint density at radius 2 is 1.94 bits per heavy atom. The number of aromatic nitrogens is 5. The summed E-state index contributed by atoms with van der Waals surface area (Å²) < 4.78 is 20.5. The van der Waals surface area contributed by atoms with Crippen LogP contribution in [-0.4, -0.2) is 30.9 Å². The number of anilines is 1. The Balaban J connectivity index is 1.32. The highest BCUT2D eigenvalue weighted by atomic mass is 35.5. The number of halogens is 2. The van der Waals surface area contributed by atoms with Crippen LogP contribution in [0.3, 0.4) is 0 Å². The lowest BCUT2D eigenvalue weighted by Gasteiger charge is -2.07. The average molecular weight is 491 g/mol. The molecule has 2 aromatic heterocycles. The lowest BCUT2D eigenvalue weighted by molar-refractivity contribution is 0.102. The zero-order valence-corrected chi connectivity index (χ0v) is 19.0. The predicted molar refractivity (Wildman–Crippen MR) is 121 cm³/mol. The van der Waals surface area contributed by atoms with Crippen molar-refractivity contribution in [3.8, 4) is 5.75 Å². The summed E-state index contributed by atoms with van der Waals surface area (Å²) in [6.07, 6.45) is 0. The molecule has 1 amide bonds. The number of ether oxygens (including phenoxy) is 1. The van der Waals surface area contributed by atoms with Crippen LogP contribution in [0.25, 0.3) is 0 Å². The number of carbonyl (C=O) groups is 1. The first-order chi connectivity index (χ1) is 15.5. The van der Waals surface area contributed by atoms with Crippen LogP contribution in [0.1, 0.15) is 20.6 Å². The number of amides is 1. The molecule has 4 aromatic rings. The predicted octanol–water partition coefficient (Wildman–Crippen LogP) is 4.58. The van der Waals surface area contributed by atoms with Crippen molar-refractivity contribution in [2.24, 2.45) is 7.05 Å². The minimum absolute atomic E-state index is 0.219. The highest BCUT2D eigenvalue weighted by Gasteiger charge is 2.16. The summed E-state index contributed by atoms with van der Waals surface area (Å²) in [7, 11) is 1.84. The van der Waals surface area contributed by atoms with E-state index < -0.39 is 5.91 Å². The van der Waals surface area contributed by atoms with Gasteiger partial charge in [-0.2, -0.15) is 0 Å².